The summed E-state index contributed by atoms with van der Waals surface area (Å²) in [6, 6.07) is 3.73. The molecule has 0 fully saturated rings. The molecule has 0 amide bonds. The minimum absolute atomic E-state index is 0.113. The Morgan fingerprint density at radius 2 is 2.33 bits per heavy atom. The van der Waals surface area contributed by atoms with E-state index < -0.39 is 5.97 Å². The van der Waals surface area contributed by atoms with Crippen LogP contribution in [0.5, 0.6) is 0 Å². The van der Waals surface area contributed by atoms with Crippen LogP contribution in [0, 0.1) is 0 Å². The molecule has 6 heteroatoms. The van der Waals surface area contributed by atoms with Crippen LogP contribution in [-0.4, -0.2) is 25.8 Å². The quantitative estimate of drug-likeness (QED) is 0.918. The number of pyridine rings is 1. The van der Waals surface area contributed by atoms with E-state index in [0.29, 0.717) is 13.0 Å². The lowest BCUT2D eigenvalue weighted by Gasteiger charge is -2.07. The van der Waals surface area contributed by atoms with E-state index in [1.54, 1.807) is 17.1 Å². The van der Waals surface area contributed by atoms with Crippen LogP contribution in [0.4, 0.5) is 0 Å². The van der Waals surface area contributed by atoms with Crippen molar-refractivity contribution in [3.63, 3.8) is 0 Å². The summed E-state index contributed by atoms with van der Waals surface area (Å²) in [6.45, 7) is 0.543. The predicted molar refractivity (Wildman–Crippen MR) is 69.2 cm³/mol. The van der Waals surface area contributed by atoms with Crippen LogP contribution in [0.2, 0.25) is 0 Å². The Morgan fingerprint density at radius 1 is 1.50 bits per heavy atom. The lowest BCUT2D eigenvalue weighted by Crippen LogP contribution is -2.07. The van der Waals surface area contributed by atoms with Gasteiger partial charge in [-0.25, -0.2) is 0 Å². The van der Waals surface area contributed by atoms with Gasteiger partial charge in [-0.1, -0.05) is 6.07 Å². The number of hydrogen-bond acceptors (Lipinski definition) is 3. The minimum Gasteiger partial charge on any atom is -0.481 e. The highest BCUT2D eigenvalue weighted by molar-refractivity contribution is 9.10. The third-order valence-electron chi connectivity index (χ3n) is 2.51. The van der Waals surface area contributed by atoms with Crippen LogP contribution < -0.4 is 0 Å². The molecule has 0 aromatic carbocycles. The molecule has 5 nitrogen and oxygen atoms in total. The average molecular weight is 310 g/mol. The predicted octanol–water partition coefficient (Wildman–Crippen LogP) is 2.11. The zero-order valence-electron chi connectivity index (χ0n) is 9.58. The van der Waals surface area contributed by atoms with Crippen molar-refractivity contribution in [3.8, 4) is 0 Å². The molecule has 0 bridgehead atoms. The number of carboxylic acid groups (broad SMARTS) is 1. The topological polar surface area (TPSA) is 68.0 Å². The zero-order chi connectivity index (χ0) is 13.0. The van der Waals surface area contributed by atoms with Crippen molar-refractivity contribution in [1.29, 1.82) is 0 Å². The fourth-order valence-corrected chi connectivity index (χ4v) is 1.99. The van der Waals surface area contributed by atoms with Crippen molar-refractivity contribution >= 4 is 21.9 Å². The van der Waals surface area contributed by atoms with E-state index in [2.05, 4.69) is 26.0 Å². The number of aryl methyl sites for hydroxylation is 1. The van der Waals surface area contributed by atoms with E-state index in [1.807, 2.05) is 18.3 Å². The fourth-order valence-electron chi connectivity index (χ4n) is 1.66. The molecule has 0 saturated carbocycles. The van der Waals surface area contributed by atoms with E-state index >= 15 is 0 Å². The molecule has 2 aromatic rings. The van der Waals surface area contributed by atoms with Gasteiger partial charge in [0.15, 0.2) is 0 Å². The van der Waals surface area contributed by atoms with Gasteiger partial charge < -0.3 is 5.11 Å². The number of hydrogen-bond donors (Lipinski definition) is 1. The Labute approximate surface area is 113 Å². The smallest absolute Gasteiger partial charge is 0.303 e. The molecule has 0 atom stereocenters. The van der Waals surface area contributed by atoms with Gasteiger partial charge in [-0.05, 0) is 34.0 Å². The largest absolute Gasteiger partial charge is 0.481 e. The maximum Gasteiger partial charge on any atom is 0.303 e. The minimum atomic E-state index is -0.799. The van der Waals surface area contributed by atoms with E-state index in [-0.39, 0.29) is 6.42 Å². The van der Waals surface area contributed by atoms with E-state index in [4.69, 9.17) is 5.11 Å². The Balaban J connectivity index is 2.14. The first-order valence-corrected chi connectivity index (χ1v) is 6.27. The third-order valence-corrected chi connectivity index (χ3v) is 2.92. The van der Waals surface area contributed by atoms with Crippen molar-refractivity contribution in [2.24, 2.45) is 0 Å². The molecule has 2 heterocycles. The lowest BCUT2D eigenvalue weighted by molar-refractivity contribution is -0.136. The summed E-state index contributed by atoms with van der Waals surface area (Å²) in [7, 11) is 0. The van der Waals surface area contributed by atoms with Gasteiger partial charge in [0.1, 0.15) is 0 Å². The standard InChI is InChI=1S/C12H12BrN3O2/c13-10-6-15-16(7-10)8-11-9(2-1-5-14-11)3-4-12(17)18/h1-2,5-7H,3-4,8H2,(H,17,18). The Morgan fingerprint density at radius 3 is 3.00 bits per heavy atom. The molecule has 0 spiro atoms. The molecule has 0 aliphatic carbocycles. The van der Waals surface area contributed by atoms with Crippen LogP contribution in [0.1, 0.15) is 17.7 Å². The Bertz CT molecular complexity index is 554. The monoisotopic (exact) mass is 309 g/mol. The van der Waals surface area contributed by atoms with Gasteiger partial charge in [-0.15, -0.1) is 0 Å². The average Bonchev–Trinajstić information content (AvgIpc) is 2.73. The van der Waals surface area contributed by atoms with Crippen molar-refractivity contribution in [2.45, 2.75) is 19.4 Å². The molecule has 0 aliphatic heterocycles. The maximum atomic E-state index is 10.6. The highest BCUT2D eigenvalue weighted by Gasteiger charge is 2.07. The first-order valence-electron chi connectivity index (χ1n) is 5.47. The molecule has 94 valence electrons. The normalized spacial score (nSPS) is 10.5. The second-order valence-electron chi connectivity index (χ2n) is 3.86. The number of halogens is 1. The summed E-state index contributed by atoms with van der Waals surface area (Å²) in [5, 5.41) is 12.9. The van der Waals surface area contributed by atoms with Gasteiger partial charge in [0.25, 0.3) is 0 Å². The summed E-state index contributed by atoms with van der Waals surface area (Å²) in [5.74, 6) is -0.799. The van der Waals surface area contributed by atoms with Crippen LogP contribution in [0.15, 0.2) is 35.2 Å². The molecular weight excluding hydrogens is 298 g/mol. The summed E-state index contributed by atoms with van der Waals surface area (Å²) in [6.07, 6.45) is 5.87. The summed E-state index contributed by atoms with van der Waals surface area (Å²) in [5.41, 5.74) is 1.81. The number of carboxylic acids is 1. The van der Waals surface area contributed by atoms with Gasteiger partial charge >= 0.3 is 5.97 Å². The Kier molecular flexibility index (Phi) is 4.09. The number of aliphatic carboxylic acids is 1. The zero-order valence-corrected chi connectivity index (χ0v) is 11.2. The van der Waals surface area contributed by atoms with Gasteiger partial charge in [-0.2, -0.15) is 5.10 Å². The molecule has 2 rings (SSSR count). The van der Waals surface area contributed by atoms with Crippen molar-refractivity contribution in [3.05, 3.63) is 46.5 Å². The molecule has 1 N–H and O–H groups in total. The second-order valence-corrected chi connectivity index (χ2v) is 4.77. The highest BCUT2D eigenvalue weighted by atomic mass is 79.9. The van der Waals surface area contributed by atoms with Crippen molar-refractivity contribution < 1.29 is 9.90 Å². The lowest BCUT2D eigenvalue weighted by atomic mass is 10.1. The van der Waals surface area contributed by atoms with Gasteiger partial charge in [-0.3, -0.25) is 14.5 Å². The summed E-state index contributed by atoms with van der Waals surface area (Å²) >= 11 is 3.33. The van der Waals surface area contributed by atoms with Crippen molar-refractivity contribution in [2.75, 3.05) is 0 Å². The van der Waals surface area contributed by atoms with E-state index in [0.717, 1.165) is 15.7 Å². The fraction of sp³-hybridized carbons (Fsp3) is 0.250. The SMILES string of the molecule is O=C(O)CCc1cccnc1Cn1cc(Br)cn1. The molecule has 0 unspecified atom stereocenters. The van der Waals surface area contributed by atoms with Crippen molar-refractivity contribution in [1.82, 2.24) is 14.8 Å². The summed E-state index contributed by atoms with van der Waals surface area (Å²) < 4.78 is 2.67. The third kappa shape index (κ3) is 3.40. The highest BCUT2D eigenvalue weighted by Crippen LogP contribution is 2.12. The van der Waals surface area contributed by atoms with Crippen LogP contribution in [0.3, 0.4) is 0 Å². The number of carbonyl (C=O) groups is 1. The maximum absolute atomic E-state index is 10.6. The van der Waals surface area contributed by atoms with Gasteiger partial charge in [0, 0.05) is 18.8 Å². The molecule has 0 radical (unpaired) electrons. The number of nitrogens with zero attached hydrogens (tertiary/aromatic N) is 3. The molecule has 18 heavy (non-hydrogen) atoms. The van der Waals surface area contributed by atoms with E-state index in [1.165, 1.54) is 0 Å². The van der Waals surface area contributed by atoms with Gasteiger partial charge in [0.2, 0.25) is 0 Å². The second kappa shape index (κ2) is 5.77. The Hall–Kier alpha value is -1.69. The number of aromatic nitrogens is 3. The van der Waals surface area contributed by atoms with Crippen LogP contribution in [0.25, 0.3) is 0 Å². The number of rotatable bonds is 5. The van der Waals surface area contributed by atoms with E-state index in [9.17, 15) is 4.79 Å². The van der Waals surface area contributed by atoms with Crippen LogP contribution in [-0.2, 0) is 17.8 Å². The van der Waals surface area contributed by atoms with Gasteiger partial charge in [0.05, 0.1) is 22.9 Å². The first kappa shape index (κ1) is 12.8. The van der Waals surface area contributed by atoms with Crippen LogP contribution >= 0.6 is 15.9 Å². The molecule has 0 aliphatic rings. The molecule has 0 saturated heterocycles. The molecule has 2 aromatic heterocycles. The summed E-state index contributed by atoms with van der Waals surface area (Å²) in [4.78, 5) is 14.9. The molecular formula is C12H12BrN3O2. The first-order chi connectivity index (χ1) is 8.65.